The highest BCUT2D eigenvalue weighted by Crippen LogP contribution is 2.10. The number of rotatable bonds is 12. The first-order valence-corrected chi connectivity index (χ1v) is 7.68. The standard InChI is InChI=1S/C15H29N3O5/c1-15(2,3)11-18-14(21)5-7-23-9-8-22-6-4-13(20)17-10-12(16)19/h4-11H2,1-3H3,(H2,16,19)(H,17,20)(H,18,21). The first-order chi connectivity index (χ1) is 10.7. The van der Waals surface area contributed by atoms with Crippen molar-refractivity contribution < 1.29 is 23.9 Å². The monoisotopic (exact) mass is 331 g/mol. The molecule has 3 amide bonds. The van der Waals surface area contributed by atoms with Crippen molar-refractivity contribution in [3.63, 3.8) is 0 Å². The van der Waals surface area contributed by atoms with Crippen molar-refractivity contribution in [2.45, 2.75) is 33.6 Å². The molecule has 0 aromatic heterocycles. The van der Waals surface area contributed by atoms with Crippen molar-refractivity contribution in [3.8, 4) is 0 Å². The molecule has 0 aromatic carbocycles. The van der Waals surface area contributed by atoms with E-state index in [1.807, 2.05) is 0 Å². The van der Waals surface area contributed by atoms with E-state index in [9.17, 15) is 14.4 Å². The Morgan fingerprint density at radius 3 is 1.78 bits per heavy atom. The van der Waals surface area contributed by atoms with Gasteiger partial charge < -0.3 is 25.8 Å². The summed E-state index contributed by atoms with van der Waals surface area (Å²) in [4.78, 5) is 33.2. The molecule has 0 bridgehead atoms. The molecule has 8 heteroatoms. The minimum Gasteiger partial charge on any atom is -0.379 e. The molecule has 0 unspecified atom stereocenters. The van der Waals surface area contributed by atoms with Crippen LogP contribution < -0.4 is 16.4 Å². The third-order valence-corrected chi connectivity index (χ3v) is 2.59. The molecule has 23 heavy (non-hydrogen) atoms. The van der Waals surface area contributed by atoms with Crippen LogP contribution in [-0.2, 0) is 23.9 Å². The van der Waals surface area contributed by atoms with Crippen LogP contribution in [0, 0.1) is 5.41 Å². The van der Waals surface area contributed by atoms with Crippen molar-refractivity contribution in [1.82, 2.24) is 10.6 Å². The predicted octanol–water partition coefficient (Wildman–Crippen LogP) is -0.436. The lowest BCUT2D eigenvalue weighted by atomic mass is 9.97. The molecule has 0 aliphatic rings. The van der Waals surface area contributed by atoms with E-state index in [0.717, 1.165) is 0 Å². The number of nitrogens with one attached hydrogen (secondary N) is 2. The molecule has 0 fully saturated rings. The van der Waals surface area contributed by atoms with E-state index in [-0.39, 0.29) is 36.8 Å². The van der Waals surface area contributed by atoms with Gasteiger partial charge in [-0.25, -0.2) is 0 Å². The summed E-state index contributed by atoms with van der Waals surface area (Å²) in [5.74, 6) is -0.911. The number of hydrogen-bond donors (Lipinski definition) is 3. The summed E-state index contributed by atoms with van der Waals surface area (Å²) in [6, 6.07) is 0. The van der Waals surface area contributed by atoms with Gasteiger partial charge in [0.15, 0.2) is 0 Å². The van der Waals surface area contributed by atoms with Crippen molar-refractivity contribution in [3.05, 3.63) is 0 Å². The number of amides is 3. The zero-order valence-electron chi connectivity index (χ0n) is 14.3. The maximum atomic E-state index is 11.5. The van der Waals surface area contributed by atoms with Crippen LogP contribution in [0.2, 0.25) is 0 Å². The molecule has 0 aliphatic carbocycles. The van der Waals surface area contributed by atoms with Crippen LogP contribution in [0.1, 0.15) is 33.6 Å². The third-order valence-electron chi connectivity index (χ3n) is 2.59. The molecule has 0 aromatic rings. The Balaban J connectivity index is 3.38. The first-order valence-electron chi connectivity index (χ1n) is 7.68. The van der Waals surface area contributed by atoms with Gasteiger partial charge in [-0.2, -0.15) is 0 Å². The minimum atomic E-state index is -0.584. The van der Waals surface area contributed by atoms with E-state index < -0.39 is 5.91 Å². The lowest BCUT2D eigenvalue weighted by Crippen LogP contribution is -2.33. The quantitative estimate of drug-likeness (QED) is 0.419. The molecule has 0 saturated carbocycles. The molecule has 0 radical (unpaired) electrons. The van der Waals surface area contributed by atoms with Gasteiger partial charge in [0.1, 0.15) is 0 Å². The molecule has 0 rings (SSSR count). The van der Waals surface area contributed by atoms with E-state index in [0.29, 0.717) is 32.8 Å². The second kappa shape index (κ2) is 11.8. The summed E-state index contributed by atoms with van der Waals surface area (Å²) < 4.78 is 10.5. The van der Waals surface area contributed by atoms with Crippen LogP contribution in [0.3, 0.4) is 0 Å². The van der Waals surface area contributed by atoms with Gasteiger partial charge in [0.25, 0.3) is 0 Å². The lowest BCUT2D eigenvalue weighted by molar-refractivity contribution is -0.125. The van der Waals surface area contributed by atoms with Crippen LogP contribution in [0.15, 0.2) is 0 Å². The van der Waals surface area contributed by atoms with Gasteiger partial charge in [-0.05, 0) is 5.41 Å². The third kappa shape index (κ3) is 16.5. The van der Waals surface area contributed by atoms with E-state index in [4.69, 9.17) is 15.2 Å². The largest absolute Gasteiger partial charge is 0.379 e. The summed E-state index contributed by atoms with van der Waals surface area (Å²) in [5.41, 5.74) is 4.96. The summed E-state index contributed by atoms with van der Waals surface area (Å²) >= 11 is 0. The fourth-order valence-electron chi connectivity index (χ4n) is 1.38. The number of carbonyl (C=O) groups excluding carboxylic acids is 3. The van der Waals surface area contributed by atoms with Crippen molar-refractivity contribution in [2.75, 3.05) is 39.5 Å². The molecule has 4 N–H and O–H groups in total. The maximum absolute atomic E-state index is 11.5. The molecule has 8 nitrogen and oxygen atoms in total. The topological polar surface area (TPSA) is 120 Å². The smallest absolute Gasteiger partial charge is 0.236 e. The second-order valence-electron chi connectivity index (χ2n) is 6.31. The Bertz CT molecular complexity index is 380. The van der Waals surface area contributed by atoms with Crippen molar-refractivity contribution in [1.29, 1.82) is 0 Å². The number of nitrogens with two attached hydrogens (primary N) is 1. The van der Waals surface area contributed by atoms with Crippen LogP contribution in [0.25, 0.3) is 0 Å². The Hall–Kier alpha value is -1.67. The summed E-state index contributed by atoms with van der Waals surface area (Å²) in [6.07, 6.45) is 0.466. The van der Waals surface area contributed by atoms with E-state index >= 15 is 0 Å². The Morgan fingerprint density at radius 1 is 0.870 bits per heavy atom. The second-order valence-corrected chi connectivity index (χ2v) is 6.31. The zero-order chi connectivity index (χ0) is 17.7. The van der Waals surface area contributed by atoms with Gasteiger partial charge in [-0.3, -0.25) is 14.4 Å². The number of hydrogen-bond acceptors (Lipinski definition) is 5. The number of primary amides is 1. The Morgan fingerprint density at radius 2 is 1.35 bits per heavy atom. The molecule has 0 spiro atoms. The highest BCUT2D eigenvalue weighted by atomic mass is 16.5. The number of carbonyl (C=O) groups is 3. The van der Waals surface area contributed by atoms with Crippen LogP contribution >= 0.6 is 0 Å². The molecule has 0 heterocycles. The summed E-state index contributed by atoms with van der Waals surface area (Å²) in [5, 5.41) is 5.20. The predicted molar refractivity (Wildman–Crippen MR) is 85.5 cm³/mol. The molecule has 0 aliphatic heterocycles. The Labute approximate surface area is 137 Å². The number of ether oxygens (including phenoxy) is 2. The van der Waals surface area contributed by atoms with Crippen molar-refractivity contribution in [2.24, 2.45) is 11.1 Å². The minimum absolute atomic E-state index is 0.0352. The van der Waals surface area contributed by atoms with Gasteiger partial charge in [-0.15, -0.1) is 0 Å². The lowest BCUT2D eigenvalue weighted by Gasteiger charge is -2.18. The maximum Gasteiger partial charge on any atom is 0.236 e. The van der Waals surface area contributed by atoms with Gasteiger partial charge in [-0.1, -0.05) is 20.8 Å². The SMILES string of the molecule is CC(C)(C)CNC(=O)CCOCCOCCC(=O)NCC(N)=O. The van der Waals surface area contributed by atoms with Crippen LogP contribution in [-0.4, -0.2) is 57.2 Å². The van der Waals surface area contributed by atoms with E-state index in [1.165, 1.54) is 0 Å². The Kier molecular flexibility index (Phi) is 11.0. The zero-order valence-corrected chi connectivity index (χ0v) is 14.3. The van der Waals surface area contributed by atoms with E-state index in [1.54, 1.807) is 0 Å². The van der Waals surface area contributed by atoms with Crippen molar-refractivity contribution >= 4 is 17.7 Å². The normalized spacial score (nSPS) is 11.1. The summed E-state index contributed by atoms with van der Waals surface area (Å²) in [6.45, 7) is 7.88. The molecule has 134 valence electrons. The van der Waals surface area contributed by atoms with Gasteiger partial charge in [0.05, 0.1) is 33.0 Å². The van der Waals surface area contributed by atoms with E-state index in [2.05, 4.69) is 31.4 Å². The van der Waals surface area contributed by atoms with Crippen LogP contribution in [0.4, 0.5) is 0 Å². The molecule has 0 saturated heterocycles. The van der Waals surface area contributed by atoms with Gasteiger partial charge in [0, 0.05) is 19.4 Å². The first kappa shape index (κ1) is 21.3. The fourth-order valence-corrected chi connectivity index (χ4v) is 1.38. The molecular formula is C15H29N3O5. The fraction of sp³-hybridized carbons (Fsp3) is 0.800. The van der Waals surface area contributed by atoms with Gasteiger partial charge >= 0.3 is 0 Å². The average molecular weight is 331 g/mol. The highest BCUT2D eigenvalue weighted by molar-refractivity contribution is 5.83. The van der Waals surface area contributed by atoms with Gasteiger partial charge in [0.2, 0.25) is 17.7 Å². The highest BCUT2D eigenvalue weighted by Gasteiger charge is 2.11. The van der Waals surface area contributed by atoms with Crippen LogP contribution in [0.5, 0.6) is 0 Å². The molecular weight excluding hydrogens is 302 g/mol. The molecule has 0 atom stereocenters. The summed E-state index contributed by atoms with van der Waals surface area (Å²) in [7, 11) is 0. The average Bonchev–Trinajstić information content (AvgIpc) is 2.45.